The van der Waals surface area contributed by atoms with Crippen molar-refractivity contribution in [3.05, 3.63) is 180 Å². The molecular formula is C54H52N12O2. The van der Waals surface area contributed by atoms with E-state index in [1.807, 2.05) is 100 Å². The first kappa shape index (κ1) is 47.3. The maximum atomic E-state index is 10.8. The molecule has 0 atom stereocenters. The molecule has 11 aromatic rings. The standard InChI is InChI=1S/C22H19N5.C12H9N3O.C10H10N2.C6H8N2.C4H6O/c1-14-11-13-24-18-7-5-15(25-21(14)18)6-10-20-26-22-16-4-3-12-23-17(16)8-9-19(22)27(20)2;1-15-10-5-4-9-8(3-2-6-13-9)12(10)14-11(15)7-16;1-7-5-6-11-9-4-3-8(2)12-10(7)9;1-5-2-3-8-4-6(5)7;1-2-3-4-5/h3-5,7-9,11-13H,6,10H2,1-2H3;2-7H,1H3;3-6H,1-2H3;2-4H,7H2,1H3;2-4H,1H3/b;;;;3-2+. The maximum absolute atomic E-state index is 10.8. The van der Waals surface area contributed by atoms with Crippen LogP contribution in [0, 0.1) is 27.7 Å². The molecule has 0 unspecified atom stereocenters. The molecule has 14 nitrogen and oxygen atoms in total. The second-order valence-corrected chi connectivity index (χ2v) is 15.9. The molecule has 68 heavy (non-hydrogen) atoms. The fraction of sp³-hybridized carbons (Fsp3) is 0.167. The molecule has 11 rings (SSSR count). The van der Waals surface area contributed by atoms with Crippen molar-refractivity contribution < 1.29 is 9.59 Å². The fourth-order valence-electron chi connectivity index (χ4n) is 7.39. The number of hydrogen-bond acceptors (Lipinski definition) is 12. The molecule has 0 saturated carbocycles. The smallest absolute Gasteiger partial charge is 0.185 e. The molecule has 0 radical (unpaired) electrons. The van der Waals surface area contributed by atoms with E-state index in [2.05, 4.69) is 90.7 Å². The van der Waals surface area contributed by atoms with Crippen molar-refractivity contribution in [2.24, 2.45) is 14.1 Å². The number of nitrogen functional groups attached to an aromatic ring is 1. The topological polar surface area (TPSA) is 186 Å². The van der Waals surface area contributed by atoms with Crippen molar-refractivity contribution in [2.75, 3.05) is 5.73 Å². The van der Waals surface area contributed by atoms with Crippen molar-refractivity contribution in [2.45, 2.75) is 47.5 Å². The number of rotatable bonds is 5. The van der Waals surface area contributed by atoms with Crippen molar-refractivity contribution in [3.8, 4) is 0 Å². The summed E-state index contributed by atoms with van der Waals surface area (Å²) in [6, 6.07) is 29.9. The molecule has 0 fully saturated rings. The van der Waals surface area contributed by atoms with Gasteiger partial charge in [0.05, 0.1) is 60.9 Å². The van der Waals surface area contributed by atoms with E-state index in [0.29, 0.717) is 5.82 Å². The zero-order chi connectivity index (χ0) is 48.2. The van der Waals surface area contributed by atoms with E-state index in [1.54, 1.807) is 36.2 Å². The summed E-state index contributed by atoms with van der Waals surface area (Å²) >= 11 is 0. The van der Waals surface area contributed by atoms with Gasteiger partial charge in [-0.25, -0.2) is 9.97 Å². The number of carbonyl (C=O) groups excluding carboxylic acids is 2. The predicted molar refractivity (Wildman–Crippen MR) is 272 cm³/mol. The molecule has 0 bridgehead atoms. The number of aromatic nitrogens is 11. The third-order valence-electron chi connectivity index (χ3n) is 11.2. The lowest BCUT2D eigenvalue weighted by atomic mass is 10.1. The molecule has 0 saturated heterocycles. The van der Waals surface area contributed by atoms with Crippen LogP contribution in [0.3, 0.4) is 0 Å². The minimum atomic E-state index is 0.436. The minimum absolute atomic E-state index is 0.436. The van der Waals surface area contributed by atoms with Crippen molar-refractivity contribution in [1.82, 2.24) is 54.0 Å². The van der Waals surface area contributed by atoms with Crippen LogP contribution in [-0.2, 0) is 31.7 Å². The van der Waals surface area contributed by atoms with Gasteiger partial charge < -0.3 is 14.9 Å². The number of benzene rings is 2. The highest BCUT2D eigenvalue weighted by atomic mass is 16.1. The van der Waals surface area contributed by atoms with Gasteiger partial charge in [-0.1, -0.05) is 6.08 Å². The van der Waals surface area contributed by atoms with Gasteiger partial charge >= 0.3 is 0 Å². The Morgan fingerprint density at radius 2 is 1.10 bits per heavy atom. The second-order valence-electron chi connectivity index (χ2n) is 15.9. The van der Waals surface area contributed by atoms with E-state index >= 15 is 0 Å². The number of anilines is 1. The zero-order valence-electron chi connectivity index (χ0n) is 39.2. The summed E-state index contributed by atoms with van der Waals surface area (Å²) in [5.74, 6) is 1.50. The zero-order valence-corrected chi connectivity index (χ0v) is 39.2. The summed E-state index contributed by atoms with van der Waals surface area (Å²) < 4.78 is 3.96. The molecule has 9 heterocycles. The quantitative estimate of drug-likeness (QED) is 0.127. The number of aryl methyl sites for hydroxylation is 8. The lowest BCUT2D eigenvalue weighted by molar-refractivity contribution is -0.104. The monoisotopic (exact) mass is 900 g/mol. The molecule has 0 amide bonds. The van der Waals surface area contributed by atoms with Gasteiger partial charge in [-0.05, 0) is 155 Å². The molecule has 0 aliphatic rings. The Morgan fingerprint density at radius 1 is 0.544 bits per heavy atom. The average Bonchev–Trinajstić information content (AvgIpc) is 3.88. The number of nitrogens with two attached hydrogens (primary N) is 1. The highest BCUT2D eigenvalue weighted by molar-refractivity contribution is 6.04. The van der Waals surface area contributed by atoms with Gasteiger partial charge in [0.2, 0.25) is 0 Å². The van der Waals surface area contributed by atoms with E-state index < -0.39 is 0 Å². The Morgan fingerprint density at radius 3 is 1.66 bits per heavy atom. The number of pyridine rings is 7. The number of carbonyl (C=O) groups is 2. The Bertz CT molecular complexity index is 3560. The SMILES string of the molecule is C/C=C/C=O.Cc1ccc2nccc(C)c2n1.Cc1ccnc2ccc(CCc3nc4c5cccnc5ccc4n3C)nc12.Cc1ccncc1N.Cn1c(C=O)nc2c3cccnc3ccc21. The van der Waals surface area contributed by atoms with Gasteiger partial charge in [0, 0.05) is 79.9 Å². The first-order valence-corrected chi connectivity index (χ1v) is 22.0. The molecule has 2 N–H and O–H groups in total. The molecule has 14 heteroatoms. The third kappa shape index (κ3) is 10.9. The predicted octanol–water partition coefficient (Wildman–Crippen LogP) is 10.1. The summed E-state index contributed by atoms with van der Waals surface area (Å²) in [7, 11) is 3.91. The second kappa shape index (κ2) is 22.0. The van der Waals surface area contributed by atoms with Gasteiger partial charge in [0.1, 0.15) is 12.1 Å². The van der Waals surface area contributed by atoms with Gasteiger partial charge in [-0.15, -0.1) is 0 Å². The summed E-state index contributed by atoms with van der Waals surface area (Å²) in [6.07, 6.45) is 16.9. The third-order valence-corrected chi connectivity index (χ3v) is 11.2. The first-order valence-electron chi connectivity index (χ1n) is 22.0. The van der Waals surface area contributed by atoms with E-state index in [1.165, 1.54) is 11.6 Å². The van der Waals surface area contributed by atoms with Crippen LogP contribution >= 0.6 is 0 Å². The van der Waals surface area contributed by atoms with Crippen molar-refractivity contribution in [1.29, 1.82) is 0 Å². The van der Waals surface area contributed by atoms with Crippen LogP contribution in [0.15, 0.2) is 140 Å². The number of imidazole rings is 2. The molecule has 0 aliphatic carbocycles. The van der Waals surface area contributed by atoms with Crippen molar-refractivity contribution in [3.63, 3.8) is 0 Å². The Hall–Kier alpha value is -8.65. The minimum Gasteiger partial charge on any atom is -0.397 e. The average molecular weight is 901 g/mol. The van der Waals surface area contributed by atoms with Crippen LogP contribution in [0.1, 0.15) is 51.4 Å². The highest BCUT2D eigenvalue weighted by Gasteiger charge is 2.13. The highest BCUT2D eigenvalue weighted by Crippen LogP contribution is 2.26. The maximum Gasteiger partial charge on any atom is 0.185 e. The molecule has 0 aliphatic heterocycles. The number of fused-ring (bicyclic) bond motifs is 8. The molecule has 340 valence electrons. The summed E-state index contributed by atoms with van der Waals surface area (Å²) in [5, 5.41) is 2.08. The van der Waals surface area contributed by atoms with E-state index in [4.69, 9.17) is 15.7 Å². The van der Waals surface area contributed by atoms with Crippen LogP contribution in [-0.4, -0.2) is 66.6 Å². The van der Waals surface area contributed by atoms with Crippen LogP contribution in [0.4, 0.5) is 5.69 Å². The summed E-state index contributed by atoms with van der Waals surface area (Å²) in [4.78, 5) is 59.7. The largest absolute Gasteiger partial charge is 0.397 e. The van der Waals surface area contributed by atoms with E-state index in [0.717, 1.165) is 125 Å². The summed E-state index contributed by atoms with van der Waals surface area (Å²) in [5.41, 5.74) is 21.5. The number of hydrogen-bond donors (Lipinski definition) is 1. The fourth-order valence-corrected chi connectivity index (χ4v) is 7.39. The normalized spacial score (nSPS) is 10.8. The molecule has 9 aromatic heterocycles. The van der Waals surface area contributed by atoms with Gasteiger partial charge in [0.15, 0.2) is 12.1 Å². The number of aldehydes is 2. The Balaban J connectivity index is 0.000000142. The van der Waals surface area contributed by atoms with E-state index in [-0.39, 0.29) is 0 Å². The Kier molecular flexibility index (Phi) is 15.3. The molecular weight excluding hydrogens is 849 g/mol. The number of allylic oxidation sites excluding steroid dienone is 2. The summed E-state index contributed by atoms with van der Waals surface area (Å²) in [6.45, 7) is 9.87. The van der Waals surface area contributed by atoms with Crippen LogP contribution in [0.2, 0.25) is 0 Å². The van der Waals surface area contributed by atoms with Crippen molar-refractivity contribution >= 4 is 84.2 Å². The Labute approximate surface area is 393 Å². The van der Waals surface area contributed by atoms with Crippen LogP contribution in [0.5, 0.6) is 0 Å². The van der Waals surface area contributed by atoms with Gasteiger partial charge in [-0.3, -0.25) is 44.5 Å². The lowest BCUT2D eigenvalue weighted by Gasteiger charge is -2.05. The number of nitrogens with zero attached hydrogens (tertiary/aromatic N) is 11. The van der Waals surface area contributed by atoms with E-state index in [9.17, 15) is 9.59 Å². The van der Waals surface area contributed by atoms with Gasteiger partial charge in [0.25, 0.3) is 0 Å². The lowest BCUT2D eigenvalue weighted by Crippen LogP contribution is -2.02. The van der Waals surface area contributed by atoms with Gasteiger partial charge in [-0.2, -0.15) is 0 Å². The molecule has 2 aromatic carbocycles. The van der Waals surface area contributed by atoms with Crippen LogP contribution in [0.25, 0.3) is 65.9 Å². The first-order chi connectivity index (χ1) is 33.0. The van der Waals surface area contributed by atoms with Crippen LogP contribution < -0.4 is 5.73 Å². The molecule has 0 spiro atoms.